The molecule has 0 aliphatic heterocycles. The van der Waals surface area contributed by atoms with Crippen molar-refractivity contribution in [2.45, 2.75) is 44.6 Å². The number of allylic oxidation sites excluding steroid dienone is 1. The highest BCUT2D eigenvalue weighted by atomic mass is 16.5. The van der Waals surface area contributed by atoms with Gasteiger partial charge in [0.1, 0.15) is 5.75 Å². The van der Waals surface area contributed by atoms with Crippen LogP contribution in [0.15, 0.2) is 35.9 Å². The SMILES string of the molecule is CNC(/C1=C/CCCCCC1)c1cccc(OC)c1. The minimum atomic E-state index is 0.327. The molecule has 1 atom stereocenters. The van der Waals surface area contributed by atoms with Crippen LogP contribution in [-0.2, 0) is 0 Å². The van der Waals surface area contributed by atoms with Gasteiger partial charge in [0, 0.05) is 0 Å². The molecule has 1 N–H and O–H groups in total. The zero-order chi connectivity index (χ0) is 13.5. The Balaban J connectivity index is 2.21. The van der Waals surface area contributed by atoms with Gasteiger partial charge in [-0.25, -0.2) is 0 Å². The van der Waals surface area contributed by atoms with E-state index in [0.717, 1.165) is 5.75 Å². The summed E-state index contributed by atoms with van der Waals surface area (Å²) in [5.74, 6) is 0.934. The lowest BCUT2D eigenvalue weighted by Gasteiger charge is -2.22. The quantitative estimate of drug-likeness (QED) is 0.817. The van der Waals surface area contributed by atoms with Gasteiger partial charge in [-0.2, -0.15) is 0 Å². The van der Waals surface area contributed by atoms with E-state index in [2.05, 4.69) is 29.6 Å². The van der Waals surface area contributed by atoms with Crippen LogP contribution in [0.1, 0.15) is 50.1 Å². The minimum Gasteiger partial charge on any atom is -0.497 e. The summed E-state index contributed by atoms with van der Waals surface area (Å²) in [6.07, 6.45) is 10.3. The highest BCUT2D eigenvalue weighted by molar-refractivity contribution is 5.35. The Kier molecular flexibility index (Phi) is 5.46. The van der Waals surface area contributed by atoms with E-state index in [-0.39, 0.29) is 0 Å². The maximum atomic E-state index is 5.33. The Hall–Kier alpha value is -1.28. The van der Waals surface area contributed by atoms with E-state index in [9.17, 15) is 0 Å². The van der Waals surface area contributed by atoms with E-state index >= 15 is 0 Å². The van der Waals surface area contributed by atoms with Crippen LogP contribution in [0, 0.1) is 0 Å². The van der Waals surface area contributed by atoms with E-state index in [0.29, 0.717) is 6.04 Å². The van der Waals surface area contributed by atoms with Crippen molar-refractivity contribution in [3.05, 3.63) is 41.5 Å². The van der Waals surface area contributed by atoms with E-state index in [4.69, 9.17) is 4.74 Å². The van der Waals surface area contributed by atoms with Crippen LogP contribution in [-0.4, -0.2) is 14.2 Å². The number of nitrogens with one attached hydrogen (secondary N) is 1. The van der Waals surface area contributed by atoms with Crippen molar-refractivity contribution in [3.63, 3.8) is 0 Å². The van der Waals surface area contributed by atoms with Crippen molar-refractivity contribution < 1.29 is 4.74 Å². The first-order valence-electron chi connectivity index (χ1n) is 7.35. The summed E-state index contributed by atoms with van der Waals surface area (Å²) in [7, 11) is 3.77. The van der Waals surface area contributed by atoms with Gasteiger partial charge >= 0.3 is 0 Å². The maximum Gasteiger partial charge on any atom is 0.119 e. The van der Waals surface area contributed by atoms with E-state index in [1.54, 1.807) is 7.11 Å². The van der Waals surface area contributed by atoms with Gasteiger partial charge in [0.15, 0.2) is 0 Å². The summed E-state index contributed by atoms with van der Waals surface area (Å²) in [6.45, 7) is 0. The van der Waals surface area contributed by atoms with Gasteiger partial charge in [-0.05, 0) is 50.4 Å². The van der Waals surface area contributed by atoms with Crippen molar-refractivity contribution in [3.8, 4) is 5.75 Å². The predicted octanol–water partition coefficient (Wildman–Crippen LogP) is 4.24. The summed E-state index contributed by atoms with van der Waals surface area (Å²) < 4.78 is 5.33. The highest BCUT2D eigenvalue weighted by Crippen LogP contribution is 2.30. The number of rotatable bonds is 4. The zero-order valence-electron chi connectivity index (χ0n) is 12.1. The molecule has 104 valence electrons. The Labute approximate surface area is 116 Å². The van der Waals surface area contributed by atoms with Crippen molar-refractivity contribution in [1.29, 1.82) is 0 Å². The van der Waals surface area contributed by atoms with Crippen LogP contribution >= 0.6 is 0 Å². The molecule has 0 amide bonds. The second kappa shape index (κ2) is 7.34. The van der Waals surface area contributed by atoms with Crippen molar-refractivity contribution in [1.82, 2.24) is 5.32 Å². The molecule has 2 heteroatoms. The molecule has 0 spiro atoms. The lowest BCUT2D eigenvalue weighted by atomic mass is 9.91. The molecule has 0 saturated carbocycles. The van der Waals surface area contributed by atoms with Gasteiger partial charge < -0.3 is 10.1 Å². The lowest BCUT2D eigenvalue weighted by Crippen LogP contribution is -2.19. The van der Waals surface area contributed by atoms with Crippen LogP contribution in [0.5, 0.6) is 5.75 Å². The Morgan fingerprint density at radius 3 is 2.79 bits per heavy atom. The summed E-state index contributed by atoms with van der Waals surface area (Å²) in [4.78, 5) is 0. The van der Waals surface area contributed by atoms with Gasteiger partial charge in [-0.15, -0.1) is 0 Å². The first-order chi connectivity index (χ1) is 9.35. The van der Waals surface area contributed by atoms with Crippen LogP contribution in [0.3, 0.4) is 0 Å². The Morgan fingerprint density at radius 2 is 2.00 bits per heavy atom. The maximum absolute atomic E-state index is 5.33. The molecule has 1 aromatic carbocycles. The molecule has 0 fully saturated rings. The summed E-state index contributed by atoms with van der Waals surface area (Å²) in [5, 5.41) is 3.46. The molecule has 2 nitrogen and oxygen atoms in total. The number of ether oxygens (including phenoxy) is 1. The molecule has 0 saturated heterocycles. The number of likely N-dealkylation sites (N-methyl/N-ethyl adjacent to an activating group) is 1. The van der Waals surface area contributed by atoms with E-state index in [1.807, 2.05) is 13.1 Å². The second-order valence-electron chi connectivity index (χ2n) is 5.23. The van der Waals surface area contributed by atoms with Crippen LogP contribution in [0.4, 0.5) is 0 Å². The zero-order valence-corrected chi connectivity index (χ0v) is 12.1. The number of methoxy groups -OCH3 is 1. The Morgan fingerprint density at radius 1 is 1.16 bits per heavy atom. The molecule has 1 aromatic rings. The third-order valence-electron chi connectivity index (χ3n) is 3.91. The first-order valence-corrected chi connectivity index (χ1v) is 7.35. The molecule has 2 rings (SSSR count). The topological polar surface area (TPSA) is 21.3 Å². The average molecular weight is 259 g/mol. The van der Waals surface area contributed by atoms with Crippen LogP contribution in [0.25, 0.3) is 0 Å². The van der Waals surface area contributed by atoms with E-state index < -0.39 is 0 Å². The largest absolute Gasteiger partial charge is 0.497 e. The number of hydrogen-bond acceptors (Lipinski definition) is 2. The van der Waals surface area contributed by atoms with Gasteiger partial charge in [0.25, 0.3) is 0 Å². The van der Waals surface area contributed by atoms with Gasteiger partial charge in [-0.3, -0.25) is 0 Å². The minimum absolute atomic E-state index is 0.327. The van der Waals surface area contributed by atoms with Gasteiger partial charge in [0.2, 0.25) is 0 Å². The molecule has 1 unspecified atom stereocenters. The first kappa shape index (κ1) is 14.1. The fraction of sp³-hybridized carbons (Fsp3) is 0.529. The normalized spacial score (nSPS) is 20.8. The fourth-order valence-electron chi connectivity index (χ4n) is 2.87. The third-order valence-corrected chi connectivity index (χ3v) is 3.91. The molecular weight excluding hydrogens is 234 g/mol. The fourth-order valence-corrected chi connectivity index (χ4v) is 2.87. The third kappa shape index (κ3) is 3.84. The highest BCUT2D eigenvalue weighted by Gasteiger charge is 2.15. The molecular formula is C17H25NO. The van der Waals surface area contributed by atoms with Gasteiger partial charge in [-0.1, -0.05) is 36.6 Å². The van der Waals surface area contributed by atoms with Gasteiger partial charge in [0.05, 0.1) is 13.2 Å². The molecule has 1 aliphatic carbocycles. The van der Waals surface area contributed by atoms with E-state index in [1.165, 1.54) is 49.7 Å². The smallest absolute Gasteiger partial charge is 0.119 e. The summed E-state index contributed by atoms with van der Waals surface area (Å²) >= 11 is 0. The van der Waals surface area contributed by atoms with Crippen molar-refractivity contribution in [2.24, 2.45) is 0 Å². The van der Waals surface area contributed by atoms with Crippen LogP contribution in [0.2, 0.25) is 0 Å². The number of hydrogen-bond donors (Lipinski definition) is 1. The Bertz CT molecular complexity index is 425. The molecule has 19 heavy (non-hydrogen) atoms. The lowest BCUT2D eigenvalue weighted by molar-refractivity contribution is 0.413. The molecule has 0 heterocycles. The van der Waals surface area contributed by atoms with Crippen molar-refractivity contribution >= 4 is 0 Å². The molecule has 0 aromatic heterocycles. The molecule has 0 radical (unpaired) electrons. The second-order valence-corrected chi connectivity index (χ2v) is 5.23. The standard InChI is InChI=1S/C17H25NO/c1-18-17(14-9-6-4-3-5-7-10-14)15-11-8-12-16(13-15)19-2/h8-9,11-13,17-18H,3-7,10H2,1-2H3/b14-9+. The predicted molar refractivity (Wildman–Crippen MR) is 80.6 cm³/mol. The monoisotopic (exact) mass is 259 g/mol. The van der Waals surface area contributed by atoms with Crippen molar-refractivity contribution in [2.75, 3.05) is 14.2 Å². The summed E-state index contributed by atoms with van der Waals surface area (Å²) in [6, 6.07) is 8.72. The summed E-state index contributed by atoms with van der Waals surface area (Å²) in [5.41, 5.74) is 2.84. The number of benzene rings is 1. The molecule has 0 bridgehead atoms. The molecule has 1 aliphatic rings. The average Bonchev–Trinajstić information content (AvgIpc) is 2.42. The van der Waals surface area contributed by atoms with Crippen LogP contribution < -0.4 is 10.1 Å².